The van der Waals surface area contributed by atoms with E-state index in [2.05, 4.69) is 4.99 Å². The average Bonchev–Trinajstić information content (AvgIpc) is 1.91. The molecule has 0 spiro atoms. The highest BCUT2D eigenvalue weighted by atomic mass is 16.1. The van der Waals surface area contributed by atoms with E-state index in [1.807, 2.05) is 0 Å². The highest BCUT2D eigenvalue weighted by Gasteiger charge is 2.03. The zero-order valence-electron chi connectivity index (χ0n) is 4.01. The molecule has 0 bridgehead atoms. The van der Waals surface area contributed by atoms with E-state index in [0.717, 1.165) is 0 Å². The predicted molar refractivity (Wildman–Crippen MR) is 27.3 cm³/mol. The molecule has 0 unspecified atom stereocenters. The van der Waals surface area contributed by atoms with Gasteiger partial charge in [-0.3, -0.25) is 9.79 Å². The molecule has 0 saturated heterocycles. The van der Waals surface area contributed by atoms with Gasteiger partial charge in [0.1, 0.15) is 0 Å². The van der Waals surface area contributed by atoms with E-state index in [1.54, 1.807) is 6.92 Å². The van der Waals surface area contributed by atoms with Crippen LogP contribution < -0.4 is 0 Å². The monoisotopic (exact) mass is 95.0 g/mol. The molecule has 0 aromatic carbocycles. The molecule has 0 aliphatic carbocycles. The SMILES string of the molecule is CC1=NC=CC1=O. The summed E-state index contributed by atoms with van der Waals surface area (Å²) in [6, 6.07) is 0. The molecule has 0 amide bonds. The molecular weight excluding hydrogens is 90.1 g/mol. The molecule has 36 valence electrons. The molecule has 0 aromatic heterocycles. The van der Waals surface area contributed by atoms with Crippen molar-refractivity contribution >= 4 is 11.5 Å². The van der Waals surface area contributed by atoms with Crippen LogP contribution in [0.5, 0.6) is 0 Å². The van der Waals surface area contributed by atoms with Crippen LogP contribution in [-0.4, -0.2) is 11.5 Å². The van der Waals surface area contributed by atoms with Crippen LogP contribution in [0.1, 0.15) is 6.92 Å². The van der Waals surface area contributed by atoms with E-state index < -0.39 is 0 Å². The summed E-state index contributed by atoms with van der Waals surface area (Å²) in [6.45, 7) is 1.70. The average molecular weight is 95.1 g/mol. The quantitative estimate of drug-likeness (QED) is 0.432. The van der Waals surface area contributed by atoms with Gasteiger partial charge in [-0.2, -0.15) is 0 Å². The highest BCUT2D eigenvalue weighted by Crippen LogP contribution is 1.92. The van der Waals surface area contributed by atoms with Crippen molar-refractivity contribution in [2.45, 2.75) is 6.92 Å². The largest absolute Gasteiger partial charge is 0.288 e. The number of aliphatic imine (C=N–C) groups is 1. The molecule has 1 aliphatic heterocycles. The Bertz CT molecular complexity index is 155. The fraction of sp³-hybridized carbons (Fsp3) is 0.200. The lowest BCUT2D eigenvalue weighted by Crippen LogP contribution is -1.99. The third-order valence-electron chi connectivity index (χ3n) is 0.851. The van der Waals surface area contributed by atoms with Crippen molar-refractivity contribution in [2.24, 2.45) is 4.99 Å². The number of carbonyl (C=O) groups excluding carboxylic acids is 1. The molecule has 1 rings (SSSR count). The van der Waals surface area contributed by atoms with E-state index in [-0.39, 0.29) is 5.78 Å². The van der Waals surface area contributed by atoms with Gasteiger partial charge in [0.2, 0.25) is 5.78 Å². The summed E-state index contributed by atoms with van der Waals surface area (Å²) in [7, 11) is 0. The van der Waals surface area contributed by atoms with Crippen molar-refractivity contribution in [3.8, 4) is 0 Å². The molecule has 0 saturated carbocycles. The van der Waals surface area contributed by atoms with Crippen LogP contribution in [0.2, 0.25) is 0 Å². The van der Waals surface area contributed by atoms with Crippen molar-refractivity contribution in [1.82, 2.24) is 0 Å². The number of nitrogens with zero attached hydrogens (tertiary/aromatic N) is 1. The fourth-order valence-electron chi connectivity index (χ4n) is 0.401. The lowest BCUT2D eigenvalue weighted by atomic mass is 10.3. The van der Waals surface area contributed by atoms with Crippen molar-refractivity contribution in [2.75, 3.05) is 0 Å². The van der Waals surface area contributed by atoms with Crippen molar-refractivity contribution in [1.29, 1.82) is 0 Å². The van der Waals surface area contributed by atoms with Crippen LogP contribution in [0, 0.1) is 0 Å². The van der Waals surface area contributed by atoms with Crippen LogP contribution in [0.4, 0.5) is 0 Å². The van der Waals surface area contributed by atoms with Gasteiger partial charge >= 0.3 is 0 Å². The molecule has 0 radical (unpaired) electrons. The Labute approximate surface area is 41.6 Å². The Morgan fingerprint density at radius 1 is 1.71 bits per heavy atom. The Kier molecular flexibility index (Phi) is 0.785. The smallest absolute Gasteiger partial charge is 0.201 e. The second kappa shape index (κ2) is 1.30. The lowest BCUT2D eigenvalue weighted by Gasteiger charge is -1.77. The molecule has 1 heterocycles. The lowest BCUT2D eigenvalue weighted by molar-refractivity contribution is -0.108. The summed E-state index contributed by atoms with van der Waals surface area (Å²) >= 11 is 0. The molecule has 2 nitrogen and oxygen atoms in total. The first-order chi connectivity index (χ1) is 3.30. The number of hydrogen-bond acceptors (Lipinski definition) is 2. The third kappa shape index (κ3) is 0.585. The summed E-state index contributed by atoms with van der Waals surface area (Å²) < 4.78 is 0. The Balaban J connectivity index is 2.89. The molecular formula is C5H5NO. The summed E-state index contributed by atoms with van der Waals surface area (Å²) in [5, 5.41) is 0. The van der Waals surface area contributed by atoms with Gasteiger partial charge in [0.05, 0.1) is 5.71 Å². The van der Waals surface area contributed by atoms with E-state index >= 15 is 0 Å². The molecule has 0 N–H and O–H groups in total. The van der Waals surface area contributed by atoms with Gasteiger partial charge in [-0.15, -0.1) is 0 Å². The van der Waals surface area contributed by atoms with Crippen LogP contribution in [-0.2, 0) is 4.79 Å². The van der Waals surface area contributed by atoms with Gasteiger partial charge in [0.15, 0.2) is 0 Å². The second-order valence-electron chi connectivity index (χ2n) is 1.39. The van der Waals surface area contributed by atoms with Gasteiger partial charge in [0.25, 0.3) is 0 Å². The zero-order valence-corrected chi connectivity index (χ0v) is 4.01. The molecule has 1 aliphatic rings. The van der Waals surface area contributed by atoms with Gasteiger partial charge in [-0.25, -0.2) is 0 Å². The van der Waals surface area contributed by atoms with Crippen molar-refractivity contribution in [3.63, 3.8) is 0 Å². The highest BCUT2D eigenvalue weighted by molar-refractivity contribution is 6.44. The maximum Gasteiger partial charge on any atom is 0.201 e. The minimum atomic E-state index is 0.0278. The zero-order chi connectivity index (χ0) is 5.28. The number of allylic oxidation sites excluding steroid dienone is 1. The first-order valence-corrected chi connectivity index (χ1v) is 2.06. The first kappa shape index (κ1) is 4.24. The van der Waals surface area contributed by atoms with Crippen LogP contribution in [0.3, 0.4) is 0 Å². The number of rotatable bonds is 0. The van der Waals surface area contributed by atoms with Crippen molar-refractivity contribution in [3.05, 3.63) is 12.3 Å². The topological polar surface area (TPSA) is 29.4 Å². The Morgan fingerprint density at radius 3 is 2.57 bits per heavy atom. The van der Waals surface area contributed by atoms with Crippen LogP contribution in [0.25, 0.3) is 0 Å². The molecule has 0 atom stereocenters. The summed E-state index contributed by atoms with van der Waals surface area (Å²) in [6.07, 6.45) is 2.97. The second-order valence-corrected chi connectivity index (χ2v) is 1.39. The molecule has 0 aromatic rings. The van der Waals surface area contributed by atoms with Gasteiger partial charge < -0.3 is 0 Å². The Hall–Kier alpha value is -0.920. The fourth-order valence-corrected chi connectivity index (χ4v) is 0.401. The van der Waals surface area contributed by atoms with E-state index in [9.17, 15) is 4.79 Å². The van der Waals surface area contributed by atoms with Gasteiger partial charge in [-0.1, -0.05) is 0 Å². The number of ketones is 1. The normalized spacial score (nSPS) is 17.9. The standard InChI is InChI=1S/C5H5NO/c1-4-5(7)2-3-6-4/h2-3H,1H3. The maximum absolute atomic E-state index is 10.4. The predicted octanol–water partition coefficient (Wildman–Crippen LogP) is 0.544. The number of carbonyl (C=O) groups is 1. The minimum Gasteiger partial charge on any atom is -0.288 e. The van der Waals surface area contributed by atoms with Gasteiger partial charge in [0, 0.05) is 12.3 Å². The molecule has 2 heteroatoms. The van der Waals surface area contributed by atoms with Gasteiger partial charge in [-0.05, 0) is 6.92 Å². The molecule has 0 fully saturated rings. The van der Waals surface area contributed by atoms with E-state index in [1.165, 1.54) is 12.3 Å². The Morgan fingerprint density at radius 2 is 2.43 bits per heavy atom. The van der Waals surface area contributed by atoms with Crippen molar-refractivity contribution < 1.29 is 4.79 Å². The summed E-state index contributed by atoms with van der Waals surface area (Å²) in [5.41, 5.74) is 0.583. The maximum atomic E-state index is 10.4. The number of hydrogen-bond donors (Lipinski definition) is 0. The summed E-state index contributed by atoms with van der Waals surface area (Å²) in [5.74, 6) is 0.0278. The molecule has 7 heavy (non-hydrogen) atoms. The van der Waals surface area contributed by atoms with Crippen LogP contribution in [0.15, 0.2) is 17.3 Å². The van der Waals surface area contributed by atoms with E-state index in [0.29, 0.717) is 5.71 Å². The van der Waals surface area contributed by atoms with Crippen LogP contribution >= 0.6 is 0 Å². The first-order valence-electron chi connectivity index (χ1n) is 2.06. The summed E-state index contributed by atoms with van der Waals surface area (Å²) in [4.78, 5) is 14.1. The van der Waals surface area contributed by atoms with E-state index in [4.69, 9.17) is 0 Å². The minimum absolute atomic E-state index is 0.0278. The third-order valence-corrected chi connectivity index (χ3v) is 0.851.